The molecule has 0 saturated heterocycles. The molecule has 0 radical (unpaired) electrons. The summed E-state index contributed by atoms with van der Waals surface area (Å²) < 4.78 is 5.74. The van der Waals surface area contributed by atoms with Gasteiger partial charge in [-0.05, 0) is 0 Å². The Morgan fingerprint density at radius 1 is 1.92 bits per heavy atom. The zero-order valence-corrected chi connectivity index (χ0v) is 7.21. The Morgan fingerprint density at radius 2 is 2.58 bits per heavy atom. The van der Waals surface area contributed by atoms with Gasteiger partial charge in [0.15, 0.2) is 5.82 Å². The van der Waals surface area contributed by atoms with Crippen LogP contribution in [0.4, 0.5) is 5.82 Å². The molecule has 0 aliphatic heterocycles. The molecule has 0 fully saturated rings. The predicted molar refractivity (Wildman–Crippen MR) is 43.7 cm³/mol. The van der Waals surface area contributed by atoms with Gasteiger partial charge in [-0.1, -0.05) is 11.6 Å². The Labute approximate surface area is 74.1 Å². The molecule has 0 saturated carbocycles. The van der Waals surface area contributed by atoms with Gasteiger partial charge in [-0.15, -0.1) is 0 Å². The van der Waals surface area contributed by atoms with E-state index in [1.807, 2.05) is 0 Å². The third kappa shape index (κ3) is 1.88. The second-order valence-electron chi connectivity index (χ2n) is 2.14. The van der Waals surface area contributed by atoms with Gasteiger partial charge < -0.3 is 10.5 Å². The van der Waals surface area contributed by atoms with E-state index < -0.39 is 5.97 Å². The molecule has 0 aromatic carbocycles. The number of halogens is 1. The third-order valence-corrected chi connectivity index (χ3v) is 1.55. The van der Waals surface area contributed by atoms with Crippen LogP contribution in [-0.4, -0.2) is 22.9 Å². The molecule has 0 amide bonds. The summed E-state index contributed by atoms with van der Waals surface area (Å²) >= 11 is 5.60. The number of nitrogen functional groups attached to an aromatic ring is 1. The van der Waals surface area contributed by atoms with Crippen LogP contribution in [-0.2, 0) is 16.1 Å². The van der Waals surface area contributed by atoms with E-state index in [0.29, 0.717) is 5.02 Å². The maximum atomic E-state index is 10.7. The molecule has 2 N–H and O–H groups in total. The van der Waals surface area contributed by atoms with Gasteiger partial charge in [0.2, 0.25) is 0 Å². The Balaban J connectivity index is 2.70. The van der Waals surface area contributed by atoms with Crippen molar-refractivity contribution in [2.45, 2.75) is 6.54 Å². The third-order valence-electron chi connectivity index (χ3n) is 1.26. The second kappa shape index (κ2) is 3.44. The quantitative estimate of drug-likeness (QED) is 0.679. The first-order valence-corrected chi connectivity index (χ1v) is 3.56. The molecule has 0 aliphatic carbocycles. The minimum absolute atomic E-state index is 0.0212. The van der Waals surface area contributed by atoms with Crippen molar-refractivity contribution in [2.75, 3.05) is 12.8 Å². The highest BCUT2D eigenvalue weighted by atomic mass is 35.5. The zero-order valence-electron chi connectivity index (χ0n) is 6.45. The lowest BCUT2D eigenvalue weighted by Crippen LogP contribution is -2.11. The highest BCUT2D eigenvalue weighted by molar-refractivity contribution is 6.32. The molecule has 1 heterocycles. The molecular formula is C6H8ClN3O2. The van der Waals surface area contributed by atoms with Crippen molar-refractivity contribution < 1.29 is 9.53 Å². The molecule has 1 aromatic heterocycles. The van der Waals surface area contributed by atoms with E-state index in [0.717, 1.165) is 0 Å². The van der Waals surface area contributed by atoms with E-state index in [1.54, 1.807) is 0 Å². The number of hydrogen-bond donors (Lipinski definition) is 1. The highest BCUT2D eigenvalue weighted by Gasteiger charge is 2.06. The number of aromatic nitrogens is 2. The molecular weight excluding hydrogens is 182 g/mol. The highest BCUT2D eigenvalue weighted by Crippen LogP contribution is 2.14. The van der Waals surface area contributed by atoms with Crippen molar-refractivity contribution in [1.82, 2.24) is 9.78 Å². The van der Waals surface area contributed by atoms with Gasteiger partial charge in [0, 0.05) is 6.20 Å². The number of ether oxygens (including phenoxy) is 1. The maximum absolute atomic E-state index is 10.7. The fourth-order valence-electron chi connectivity index (χ4n) is 0.690. The van der Waals surface area contributed by atoms with Crippen molar-refractivity contribution in [3.8, 4) is 0 Å². The van der Waals surface area contributed by atoms with Crippen LogP contribution in [0.2, 0.25) is 5.02 Å². The van der Waals surface area contributed by atoms with Gasteiger partial charge in [-0.25, -0.2) is 0 Å². The van der Waals surface area contributed by atoms with E-state index in [-0.39, 0.29) is 12.4 Å². The average molecular weight is 190 g/mol. The SMILES string of the molecule is COC(=O)Cn1cc(Cl)c(N)n1. The number of anilines is 1. The summed E-state index contributed by atoms with van der Waals surface area (Å²) in [5.41, 5.74) is 5.34. The molecule has 0 aliphatic rings. The Hall–Kier alpha value is -1.23. The van der Waals surface area contributed by atoms with Crippen LogP contribution >= 0.6 is 11.6 Å². The number of hydrogen-bond acceptors (Lipinski definition) is 4. The van der Waals surface area contributed by atoms with Gasteiger partial charge in [-0.2, -0.15) is 5.10 Å². The lowest BCUT2D eigenvalue weighted by Gasteiger charge is -1.97. The molecule has 5 nitrogen and oxygen atoms in total. The van der Waals surface area contributed by atoms with E-state index in [4.69, 9.17) is 17.3 Å². The van der Waals surface area contributed by atoms with Gasteiger partial charge in [0.25, 0.3) is 0 Å². The molecule has 1 rings (SSSR count). The molecule has 0 unspecified atom stereocenters. The van der Waals surface area contributed by atoms with Crippen molar-refractivity contribution in [3.63, 3.8) is 0 Å². The Kier molecular flexibility index (Phi) is 2.54. The summed E-state index contributed by atoms with van der Waals surface area (Å²) in [4.78, 5) is 10.7. The molecule has 1 aromatic rings. The number of nitrogens with zero attached hydrogens (tertiary/aromatic N) is 2. The van der Waals surface area contributed by atoms with Crippen LogP contribution in [0.25, 0.3) is 0 Å². The van der Waals surface area contributed by atoms with Crippen LogP contribution in [0.1, 0.15) is 0 Å². The minimum atomic E-state index is -0.394. The lowest BCUT2D eigenvalue weighted by atomic mass is 10.6. The number of carbonyl (C=O) groups is 1. The largest absolute Gasteiger partial charge is 0.468 e. The summed E-state index contributed by atoms with van der Waals surface area (Å²) in [5, 5.41) is 4.09. The summed E-state index contributed by atoms with van der Waals surface area (Å²) in [5.74, 6) is -0.185. The summed E-state index contributed by atoms with van der Waals surface area (Å²) in [7, 11) is 1.30. The van der Waals surface area contributed by atoms with Crippen LogP contribution in [0.3, 0.4) is 0 Å². The molecule has 12 heavy (non-hydrogen) atoms. The minimum Gasteiger partial charge on any atom is -0.468 e. The monoisotopic (exact) mass is 189 g/mol. The van der Waals surface area contributed by atoms with E-state index in [2.05, 4.69) is 9.84 Å². The number of methoxy groups -OCH3 is 1. The van der Waals surface area contributed by atoms with Gasteiger partial charge in [0.05, 0.1) is 7.11 Å². The van der Waals surface area contributed by atoms with Crippen molar-refractivity contribution in [3.05, 3.63) is 11.2 Å². The van der Waals surface area contributed by atoms with Crippen LogP contribution in [0.15, 0.2) is 6.20 Å². The molecule has 66 valence electrons. The first-order valence-electron chi connectivity index (χ1n) is 3.18. The smallest absolute Gasteiger partial charge is 0.327 e. The second-order valence-corrected chi connectivity index (χ2v) is 2.54. The van der Waals surface area contributed by atoms with Crippen molar-refractivity contribution in [2.24, 2.45) is 0 Å². The molecule has 0 atom stereocenters. The van der Waals surface area contributed by atoms with Crippen LogP contribution in [0, 0.1) is 0 Å². The predicted octanol–water partition coefficient (Wildman–Crippen LogP) is 0.292. The number of rotatable bonds is 2. The van der Waals surface area contributed by atoms with Crippen LogP contribution in [0.5, 0.6) is 0 Å². The van der Waals surface area contributed by atoms with E-state index in [9.17, 15) is 4.79 Å². The van der Waals surface area contributed by atoms with Gasteiger partial charge >= 0.3 is 5.97 Å². The molecule has 0 bridgehead atoms. The Bertz CT molecular complexity index is 277. The van der Waals surface area contributed by atoms with E-state index >= 15 is 0 Å². The average Bonchev–Trinajstić information content (AvgIpc) is 2.31. The zero-order chi connectivity index (χ0) is 9.14. The fraction of sp³-hybridized carbons (Fsp3) is 0.333. The fourth-order valence-corrected chi connectivity index (χ4v) is 0.840. The number of nitrogens with two attached hydrogens (primary N) is 1. The standard InChI is InChI=1S/C6H8ClN3O2/c1-12-5(11)3-10-2-4(7)6(8)9-10/h2H,3H2,1H3,(H2,8,9). The first kappa shape index (κ1) is 8.86. The first-order chi connectivity index (χ1) is 5.63. The van der Waals surface area contributed by atoms with Crippen molar-refractivity contribution >= 4 is 23.4 Å². The lowest BCUT2D eigenvalue weighted by molar-refractivity contribution is -0.141. The van der Waals surface area contributed by atoms with Crippen LogP contribution < -0.4 is 5.73 Å². The number of esters is 1. The topological polar surface area (TPSA) is 70.1 Å². The molecule has 6 heteroatoms. The van der Waals surface area contributed by atoms with Gasteiger partial charge in [-0.3, -0.25) is 9.48 Å². The van der Waals surface area contributed by atoms with E-state index in [1.165, 1.54) is 18.0 Å². The molecule has 0 spiro atoms. The maximum Gasteiger partial charge on any atom is 0.327 e. The summed E-state index contributed by atoms with van der Waals surface area (Å²) in [6, 6.07) is 0. The number of carbonyl (C=O) groups excluding carboxylic acids is 1. The Morgan fingerprint density at radius 3 is 3.00 bits per heavy atom. The van der Waals surface area contributed by atoms with Crippen molar-refractivity contribution in [1.29, 1.82) is 0 Å². The summed E-state index contributed by atoms with van der Waals surface area (Å²) in [6.07, 6.45) is 1.47. The van der Waals surface area contributed by atoms with Gasteiger partial charge in [0.1, 0.15) is 11.6 Å². The summed E-state index contributed by atoms with van der Waals surface area (Å²) in [6.45, 7) is 0.0212. The normalized spacial score (nSPS) is 9.83.